The number of rotatable bonds is 7. The fourth-order valence-corrected chi connectivity index (χ4v) is 2.07. The van der Waals surface area contributed by atoms with Crippen LogP contribution < -0.4 is 0 Å². The van der Waals surface area contributed by atoms with Crippen LogP contribution in [0.15, 0.2) is 42.7 Å². The highest BCUT2D eigenvalue weighted by molar-refractivity contribution is 5.32. The molecule has 1 aromatic rings. The molecule has 0 aliphatic carbocycles. The zero-order valence-electron chi connectivity index (χ0n) is 12.6. The third kappa shape index (κ3) is 5.34. The van der Waals surface area contributed by atoms with Gasteiger partial charge in [0.05, 0.1) is 6.26 Å². The zero-order chi connectivity index (χ0) is 14.1. The van der Waals surface area contributed by atoms with Gasteiger partial charge in [0.2, 0.25) is 0 Å². The average Bonchev–Trinajstić information content (AvgIpc) is 2.40. The topological polar surface area (TPSA) is 9.23 Å². The fourth-order valence-electron chi connectivity index (χ4n) is 2.07. The molecule has 1 nitrogen and oxygen atoms in total. The van der Waals surface area contributed by atoms with Gasteiger partial charge in [0.15, 0.2) is 0 Å². The van der Waals surface area contributed by atoms with E-state index in [0.29, 0.717) is 12.5 Å². The second kappa shape index (κ2) is 8.58. The molecule has 1 atom stereocenters. The Kier molecular flexibility index (Phi) is 7.02. The Morgan fingerprint density at radius 3 is 2.47 bits per heavy atom. The molecule has 104 valence electrons. The number of hydrogen-bond acceptors (Lipinski definition) is 1. The summed E-state index contributed by atoms with van der Waals surface area (Å²) in [6, 6.07) is 6.36. The number of aryl methyl sites for hydroxylation is 2. The Bertz CT molecular complexity index is 409. The van der Waals surface area contributed by atoms with Crippen molar-refractivity contribution in [3.05, 3.63) is 59.4 Å². The van der Waals surface area contributed by atoms with Gasteiger partial charge in [-0.1, -0.05) is 37.3 Å². The highest BCUT2D eigenvalue weighted by Gasteiger charge is 2.02. The van der Waals surface area contributed by atoms with Gasteiger partial charge in [-0.25, -0.2) is 0 Å². The quantitative estimate of drug-likeness (QED) is 0.474. The van der Waals surface area contributed by atoms with Gasteiger partial charge in [0.1, 0.15) is 6.61 Å². The molecule has 1 aromatic carbocycles. The Balaban J connectivity index is 2.49. The van der Waals surface area contributed by atoms with Gasteiger partial charge in [-0.05, 0) is 62.3 Å². The summed E-state index contributed by atoms with van der Waals surface area (Å²) in [5.41, 5.74) is 3.90. The van der Waals surface area contributed by atoms with E-state index in [4.69, 9.17) is 4.74 Å². The summed E-state index contributed by atoms with van der Waals surface area (Å²) in [5, 5.41) is 0. The molecule has 19 heavy (non-hydrogen) atoms. The number of benzene rings is 1. The number of hydrogen-bond donors (Lipinski definition) is 0. The molecule has 0 amide bonds. The van der Waals surface area contributed by atoms with Crippen LogP contribution in [0.4, 0.5) is 0 Å². The van der Waals surface area contributed by atoms with Crippen molar-refractivity contribution in [3.63, 3.8) is 0 Å². The maximum Gasteiger partial charge on any atom is 0.113 e. The normalized spacial score (nSPS) is 13.3. The molecule has 0 aliphatic rings. The lowest BCUT2D eigenvalue weighted by molar-refractivity contribution is 0.232. The molecule has 0 radical (unpaired) electrons. The van der Waals surface area contributed by atoms with Crippen molar-refractivity contribution in [2.45, 2.75) is 47.1 Å². The lowest BCUT2D eigenvalue weighted by atomic mass is 10.0. The van der Waals surface area contributed by atoms with E-state index in [-0.39, 0.29) is 0 Å². The lowest BCUT2D eigenvalue weighted by Gasteiger charge is -2.10. The lowest BCUT2D eigenvalue weighted by Crippen LogP contribution is -1.96. The van der Waals surface area contributed by atoms with Crippen LogP contribution in [0.1, 0.15) is 43.4 Å². The SMILES string of the molecule is C/C=C\CC(/C=C/OCc1c(C)cccc1C)CC. The van der Waals surface area contributed by atoms with Crippen LogP contribution in [-0.2, 0) is 11.3 Å². The standard InChI is InChI=1S/C18H26O/c1-5-7-11-17(6-2)12-13-19-14-18-15(3)9-8-10-16(18)4/h5,7-10,12-13,17H,6,11,14H2,1-4H3/b7-5-,13-12+. The van der Waals surface area contributed by atoms with Gasteiger partial charge < -0.3 is 4.74 Å². The van der Waals surface area contributed by atoms with Crippen LogP contribution in [0.3, 0.4) is 0 Å². The Hall–Kier alpha value is -1.50. The Labute approximate surface area is 118 Å². The van der Waals surface area contributed by atoms with Crippen molar-refractivity contribution in [2.75, 3.05) is 0 Å². The van der Waals surface area contributed by atoms with E-state index in [9.17, 15) is 0 Å². The summed E-state index contributed by atoms with van der Waals surface area (Å²) in [6.07, 6.45) is 10.6. The predicted molar refractivity (Wildman–Crippen MR) is 83.1 cm³/mol. The van der Waals surface area contributed by atoms with Crippen molar-refractivity contribution < 1.29 is 4.74 Å². The van der Waals surface area contributed by atoms with Crippen molar-refractivity contribution in [1.29, 1.82) is 0 Å². The summed E-state index contributed by atoms with van der Waals surface area (Å²) < 4.78 is 5.69. The van der Waals surface area contributed by atoms with E-state index < -0.39 is 0 Å². The molecule has 1 unspecified atom stereocenters. The fraction of sp³-hybridized carbons (Fsp3) is 0.444. The van der Waals surface area contributed by atoms with Crippen LogP contribution in [0.5, 0.6) is 0 Å². The molecule has 0 fully saturated rings. The summed E-state index contributed by atoms with van der Waals surface area (Å²) in [7, 11) is 0. The van der Waals surface area contributed by atoms with Crippen molar-refractivity contribution >= 4 is 0 Å². The highest BCUT2D eigenvalue weighted by atomic mass is 16.5. The first-order valence-corrected chi connectivity index (χ1v) is 7.13. The second-order valence-electron chi connectivity index (χ2n) is 4.98. The minimum Gasteiger partial charge on any atom is -0.497 e. The average molecular weight is 258 g/mol. The summed E-state index contributed by atoms with van der Waals surface area (Å²) in [5.74, 6) is 0.578. The van der Waals surface area contributed by atoms with E-state index in [1.807, 2.05) is 6.26 Å². The van der Waals surface area contributed by atoms with Gasteiger partial charge in [0.25, 0.3) is 0 Å². The van der Waals surface area contributed by atoms with Crippen molar-refractivity contribution in [1.82, 2.24) is 0 Å². The van der Waals surface area contributed by atoms with Gasteiger partial charge in [-0.3, -0.25) is 0 Å². The second-order valence-corrected chi connectivity index (χ2v) is 4.98. The predicted octanol–water partition coefficient (Wildman–Crippen LogP) is 5.33. The molecule has 0 aliphatic heterocycles. The molecule has 0 heterocycles. The minimum absolute atomic E-state index is 0.578. The number of allylic oxidation sites excluding steroid dienone is 3. The first kappa shape index (κ1) is 15.6. The van der Waals surface area contributed by atoms with Gasteiger partial charge in [0, 0.05) is 0 Å². The molecular formula is C18H26O. The third-order valence-electron chi connectivity index (χ3n) is 3.52. The molecule has 0 aromatic heterocycles. The largest absolute Gasteiger partial charge is 0.497 e. The smallest absolute Gasteiger partial charge is 0.113 e. The van der Waals surface area contributed by atoms with E-state index >= 15 is 0 Å². The van der Waals surface area contributed by atoms with Crippen LogP contribution in [0.2, 0.25) is 0 Å². The van der Waals surface area contributed by atoms with Gasteiger partial charge in [-0.15, -0.1) is 0 Å². The maximum absolute atomic E-state index is 5.69. The molecule has 1 heteroatoms. The molecule has 0 bridgehead atoms. The third-order valence-corrected chi connectivity index (χ3v) is 3.52. The van der Waals surface area contributed by atoms with Crippen molar-refractivity contribution in [2.24, 2.45) is 5.92 Å². The van der Waals surface area contributed by atoms with E-state index in [1.54, 1.807) is 0 Å². The zero-order valence-corrected chi connectivity index (χ0v) is 12.6. The first-order chi connectivity index (χ1) is 9.19. The molecule has 1 rings (SSSR count). The van der Waals surface area contributed by atoms with Crippen LogP contribution in [0, 0.1) is 19.8 Å². The summed E-state index contributed by atoms with van der Waals surface area (Å²) >= 11 is 0. The summed E-state index contributed by atoms with van der Waals surface area (Å²) in [4.78, 5) is 0. The molecule has 0 saturated heterocycles. The minimum atomic E-state index is 0.578. The molecular weight excluding hydrogens is 232 g/mol. The van der Waals surface area contributed by atoms with E-state index in [2.05, 4.69) is 64.1 Å². The highest BCUT2D eigenvalue weighted by Crippen LogP contribution is 2.15. The monoisotopic (exact) mass is 258 g/mol. The van der Waals surface area contributed by atoms with Crippen LogP contribution in [0.25, 0.3) is 0 Å². The molecule has 0 saturated carbocycles. The molecule has 0 spiro atoms. The Morgan fingerprint density at radius 2 is 1.89 bits per heavy atom. The Morgan fingerprint density at radius 1 is 1.21 bits per heavy atom. The van der Waals surface area contributed by atoms with Gasteiger partial charge in [-0.2, -0.15) is 0 Å². The van der Waals surface area contributed by atoms with E-state index in [0.717, 1.165) is 12.8 Å². The first-order valence-electron chi connectivity index (χ1n) is 7.13. The van der Waals surface area contributed by atoms with Crippen LogP contribution >= 0.6 is 0 Å². The number of ether oxygens (including phenoxy) is 1. The van der Waals surface area contributed by atoms with E-state index in [1.165, 1.54) is 16.7 Å². The summed E-state index contributed by atoms with van der Waals surface area (Å²) in [6.45, 7) is 9.21. The van der Waals surface area contributed by atoms with Crippen molar-refractivity contribution in [3.8, 4) is 0 Å². The van der Waals surface area contributed by atoms with Crippen LogP contribution in [-0.4, -0.2) is 0 Å². The molecule has 0 N–H and O–H groups in total. The maximum atomic E-state index is 5.69. The van der Waals surface area contributed by atoms with Gasteiger partial charge >= 0.3 is 0 Å².